The molecule has 0 aromatic carbocycles. The van der Waals surface area contributed by atoms with Crippen LogP contribution >= 0.6 is 11.6 Å². The fourth-order valence-corrected chi connectivity index (χ4v) is 2.03. The summed E-state index contributed by atoms with van der Waals surface area (Å²) >= 11 is 6.05. The molecule has 0 radical (unpaired) electrons. The molecule has 0 fully saturated rings. The zero-order valence-corrected chi connectivity index (χ0v) is 11.3. The molecule has 8 heteroatoms. The van der Waals surface area contributed by atoms with Crippen LogP contribution in [0.15, 0.2) is 30.9 Å². The van der Waals surface area contributed by atoms with E-state index >= 15 is 0 Å². The second kappa shape index (κ2) is 4.86. The Balaban J connectivity index is 2.01. The minimum absolute atomic E-state index is 0.317. The average molecular weight is 291 g/mol. The maximum atomic E-state index is 6.05. The molecule has 7 nitrogen and oxygen atoms in total. The molecule has 0 spiro atoms. The van der Waals surface area contributed by atoms with E-state index in [0.29, 0.717) is 33.7 Å². The molecule has 0 aliphatic rings. The van der Waals surface area contributed by atoms with Crippen LogP contribution in [0.4, 0.5) is 11.5 Å². The molecule has 0 aliphatic carbocycles. The summed E-state index contributed by atoms with van der Waals surface area (Å²) in [6, 6.07) is 1.75. The number of halogens is 1. The lowest BCUT2D eigenvalue weighted by Crippen LogP contribution is -1.99. The van der Waals surface area contributed by atoms with E-state index in [9.17, 15) is 0 Å². The van der Waals surface area contributed by atoms with Crippen LogP contribution in [0.3, 0.4) is 0 Å². The van der Waals surface area contributed by atoms with Gasteiger partial charge in [-0.15, -0.1) is 0 Å². The Kier molecular flexibility index (Phi) is 3.03. The van der Waals surface area contributed by atoms with Crippen molar-refractivity contribution in [2.45, 2.75) is 0 Å². The van der Waals surface area contributed by atoms with Gasteiger partial charge in [0.25, 0.3) is 0 Å². The molecule has 0 saturated heterocycles. The predicted molar refractivity (Wildman–Crippen MR) is 76.3 cm³/mol. The van der Waals surface area contributed by atoms with E-state index in [1.165, 1.54) is 6.20 Å². The topological polar surface area (TPSA) is 90.4 Å². The summed E-state index contributed by atoms with van der Waals surface area (Å²) < 4.78 is 7.34. The van der Waals surface area contributed by atoms with Crippen molar-refractivity contribution in [1.82, 2.24) is 19.6 Å². The van der Waals surface area contributed by atoms with Crippen LogP contribution in [0.5, 0.6) is 11.5 Å². The molecule has 3 N–H and O–H groups in total. The number of aromatic nitrogens is 4. The zero-order valence-electron chi connectivity index (χ0n) is 10.5. The number of ether oxygens (including phenoxy) is 1. The summed E-state index contributed by atoms with van der Waals surface area (Å²) in [4.78, 5) is 8.05. The molecular formula is C12H11ClN6O. The van der Waals surface area contributed by atoms with E-state index in [2.05, 4.69) is 20.4 Å². The minimum Gasteiger partial charge on any atom is -0.452 e. The van der Waals surface area contributed by atoms with E-state index in [-0.39, 0.29) is 0 Å². The molecule has 0 atom stereocenters. The lowest BCUT2D eigenvalue weighted by Gasteiger charge is -2.08. The highest BCUT2D eigenvalue weighted by molar-refractivity contribution is 6.32. The van der Waals surface area contributed by atoms with Crippen molar-refractivity contribution in [3.05, 3.63) is 36.0 Å². The van der Waals surface area contributed by atoms with Gasteiger partial charge >= 0.3 is 0 Å². The lowest BCUT2D eigenvalue weighted by molar-refractivity contribution is 0.486. The van der Waals surface area contributed by atoms with Crippen LogP contribution in [0.25, 0.3) is 5.52 Å². The van der Waals surface area contributed by atoms with E-state index in [1.807, 2.05) is 0 Å². The highest BCUT2D eigenvalue weighted by Gasteiger charge is 2.12. The standard InChI is InChI=1S/C12H11ClN6O/c1-15-8-4-7(5-17-12(8)14)20-9-6-18-19-3-2-16-11(13)10(9)19/h2-6,15H,1H3,(H2,14,17). The Bertz CT molecular complexity index is 772. The largest absolute Gasteiger partial charge is 0.452 e. The number of anilines is 2. The van der Waals surface area contributed by atoms with Crippen LogP contribution in [-0.4, -0.2) is 26.6 Å². The van der Waals surface area contributed by atoms with E-state index in [4.69, 9.17) is 22.1 Å². The summed E-state index contributed by atoms with van der Waals surface area (Å²) in [5.74, 6) is 1.43. The van der Waals surface area contributed by atoms with Gasteiger partial charge in [0.1, 0.15) is 17.1 Å². The number of pyridine rings is 1. The molecule has 102 valence electrons. The maximum Gasteiger partial charge on any atom is 0.176 e. The molecule has 3 rings (SSSR count). The lowest BCUT2D eigenvalue weighted by atomic mass is 10.3. The van der Waals surface area contributed by atoms with Gasteiger partial charge in [-0.25, -0.2) is 14.5 Å². The van der Waals surface area contributed by atoms with Gasteiger partial charge in [0.15, 0.2) is 10.9 Å². The number of hydrogen-bond acceptors (Lipinski definition) is 6. The van der Waals surface area contributed by atoms with Crippen LogP contribution in [0, 0.1) is 0 Å². The first kappa shape index (κ1) is 12.5. The number of nitrogens with zero attached hydrogens (tertiary/aromatic N) is 4. The van der Waals surface area contributed by atoms with E-state index in [0.717, 1.165) is 0 Å². The SMILES string of the molecule is CNc1cc(Oc2cnn3ccnc(Cl)c23)cnc1N. The molecule has 3 aromatic rings. The number of hydrogen-bond donors (Lipinski definition) is 2. The van der Waals surface area contributed by atoms with Crippen molar-refractivity contribution in [3.8, 4) is 11.5 Å². The molecule has 0 amide bonds. The maximum absolute atomic E-state index is 6.05. The third-order valence-electron chi connectivity index (χ3n) is 2.74. The molecule has 0 unspecified atom stereocenters. The molecule has 3 aromatic heterocycles. The quantitative estimate of drug-likeness (QED) is 0.768. The number of nitrogens with two attached hydrogens (primary N) is 1. The van der Waals surface area contributed by atoms with Crippen molar-refractivity contribution < 1.29 is 4.74 Å². The third kappa shape index (κ3) is 2.08. The van der Waals surface area contributed by atoms with Gasteiger partial charge in [-0.05, 0) is 0 Å². The van der Waals surface area contributed by atoms with Gasteiger partial charge in [-0.1, -0.05) is 11.6 Å². The number of nitrogen functional groups attached to an aromatic ring is 1. The minimum atomic E-state index is 0.317. The van der Waals surface area contributed by atoms with Gasteiger partial charge in [0, 0.05) is 25.5 Å². The highest BCUT2D eigenvalue weighted by atomic mass is 35.5. The Morgan fingerprint density at radius 1 is 1.35 bits per heavy atom. The van der Waals surface area contributed by atoms with Gasteiger partial charge in [-0.3, -0.25) is 0 Å². The number of fused-ring (bicyclic) bond motifs is 1. The Labute approximate surface area is 119 Å². The van der Waals surface area contributed by atoms with Crippen molar-refractivity contribution in [2.24, 2.45) is 0 Å². The highest BCUT2D eigenvalue weighted by Crippen LogP contribution is 2.31. The third-order valence-corrected chi connectivity index (χ3v) is 3.02. The fourth-order valence-electron chi connectivity index (χ4n) is 1.79. The summed E-state index contributed by atoms with van der Waals surface area (Å²) in [5, 5.41) is 7.40. The molecule has 0 saturated carbocycles. The van der Waals surface area contributed by atoms with Crippen LogP contribution < -0.4 is 15.8 Å². The Morgan fingerprint density at radius 2 is 2.20 bits per heavy atom. The first-order chi connectivity index (χ1) is 9.69. The first-order valence-electron chi connectivity index (χ1n) is 5.78. The summed E-state index contributed by atoms with van der Waals surface area (Å²) in [7, 11) is 1.76. The van der Waals surface area contributed by atoms with Crippen LogP contribution in [0.2, 0.25) is 5.15 Å². The second-order valence-electron chi connectivity index (χ2n) is 3.98. The van der Waals surface area contributed by atoms with Crippen molar-refractivity contribution >= 4 is 28.6 Å². The Hall–Kier alpha value is -2.54. The number of nitrogens with one attached hydrogen (secondary N) is 1. The number of rotatable bonds is 3. The average Bonchev–Trinajstić information content (AvgIpc) is 2.85. The molecule has 20 heavy (non-hydrogen) atoms. The summed E-state index contributed by atoms with van der Waals surface area (Å²) in [6.07, 6.45) is 6.35. The van der Waals surface area contributed by atoms with Gasteiger partial charge in [-0.2, -0.15) is 5.10 Å². The molecule has 3 heterocycles. The van der Waals surface area contributed by atoms with Gasteiger partial charge < -0.3 is 15.8 Å². The smallest absolute Gasteiger partial charge is 0.176 e. The monoisotopic (exact) mass is 290 g/mol. The summed E-state index contributed by atoms with van der Waals surface area (Å²) in [5.41, 5.74) is 6.99. The first-order valence-corrected chi connectivity index (χ1v) is 6.16. The van der Waals surface area contributed by atoms with E-state index < -0.39 is 0 Å². The van der Waals surface area contributed by atoms with E-state index in [1.54, 1.807) is 36.2 Å². The predicted octanol–water partition coefficient (Wildman–Crippen LogP) is 2.19. The van der Waals surface area contributed by atoms with Crippen molar-refractivity contribution in [1.29, 1.82) is 0 Å². The normalized spacial score (nSPS) is 10.7. The van der Waals surface area contributed by atoms with Crippen molar-refractivity contribution in [2.75, 3.05) is 18.1 Å². The van der Waals surface area contributed by atoms with Crippen LogP contribution in [0.1, 0.15) is 0 Å². The second-order valence-corrected chi connectivity index (χ2v) is 4.33. The molecular weight excluding hydrogens is 280 g/mol. The van der Waals surface area contributed by atoms with Crippen LogP contribution in [-0.2, 0) is 0 Å². The van der Waals surface area contributed by atoms with Gasteiger partial charge in [0.2, 0.25) is 0 Å². The Morgan fingerprint density at radius 3 is 3.00 bits per heavy atom. The zero-order chi connectivity index (χ0) is 14.1. The fraction of sp³-hybridized carbons (Fsp3) is 0.0833. The van der Waals surface area contributed by atoms with Gasteiger partial charge in [0.05, 0.1) is 18.1 Å². The van der Waals surface area contributed by atoms with Crippen molar-refractivity contribution in [3.63, 3.8) is 0 Å². The molecule has 0 aliphatic heterocycles. The molecule has 0 bridgehead atoms. The summed E-state index contributed by atoms with van der Waals surface area (Å²) in [6.45, 7) is 0.